The number of hydrogen-bond acceptors (Lipinski definition) is 5. The fraction of sp³-hybridized carbons (Fsp3) is 0.200. The Balaban J connectivity index is 1.48. The average molecular weight is 463 g/mol. The molecule has 4 rings (SSSR count). The highest BCUT2D eigenvalue weighted by atomic mass is 35.5. The third-order valence-corrected chi connectivity index (χ3v) is 5.70. The normalized spacial score (nSPS) is 11.8. The zero-order valence-corrected chi connectivity index (χ0v) is 19.0. The molecule has 0 spiro atoms. The minimum atomic E-state index is -0.918. The zero-order valence-electron chi connectivity index (χ0n) is 18.3. The molecule has 0 aliphatic rings. The van der Waals surface area contributed by atoms with E-state index in [9.17, 15) is 9.90 Å². The molecule has 1 aromatic heterocycles. The number of nitrogens with zero attached hydrogens (tertiary/aromatic N) is 4. The number of carboxylic acids is 1. The molecule has 0 aliphatic heterocycles. The summed E-state index contributed by atoms with van der Waals surface area (Å²) < 4.78 is 7.47. The highest BCUT2D eigenvalue weighted by molar-refractivity contribution is 6.30. The maximum absolute atomic E-state index is 11.4. The van der Waals surface area contributed by atoms with Crippen LogP contribution in [0.1, 0.15) is 34.9 Å². The monoisotopic (exact) mass is 462 g/mol. The SMILES string of the molecule is Cc1ccc(Cl)cc1-c1cccc(COc2ccc([C@H](CC(=O)O)c3nnnn3C)cc2)c1. The minimum absolute atomic E-state index is 0.107. The minimum Gasteiger partial charge on any atom is -0.489 e. The van der Waals surface area contributed by atoms with Crippen molar-refractivity contribution in [2.75, 3.05) is 0 Å². The van der Waals surface area contributed by atoms with E-state index in [1.807, 2.05) is 54.6 Å². The van der Waals surface area contributed by atoms with Gasteiger partial charge in [-0.15, -0.1) is 5.10 Å². The van der Waals surface area contributed by atoms with Gasteiger partial charge in [0.2, 0.25) is 0 Å². The molecule has 0 radical (unpaired) electrons. The van der Waals surface area contributed by atoms with Gasteiger partial charge in [0.25, 0.3) is 0 Å². The van der Waals surface area contributed by atoms with Gasteiger partial charge in [-0.1, -0.05) is 48.0 Å². The first-order chi connectivity index (χ1) is 15.9. The molecule has 1 N–H and O–H groups in total. The molecule has 0 aliphatic carbocycles. The highest BCUT2D eigenvalue weighted by Crippen LogP contribution is 2.29. The van der Waals surface area contributed by atoms with Crippen LogP contribution in [0.15, 0.2) is 66.7 Å². The molecule has 1 atom stereocenters. The molecule has 168 valence electrons. The number of carboxylic acid groups (broad SMARTS) is 1. The summed E-state index contributed by atoms with van der Waals surface area (Å²) in [6.45, 7) is 2.46. The Kier molecular flexibility index (Phi) is 6.70. The number of rotatable bonds is 8. The maximum Gasteiger partial charge on any atom is 0.304 e. The third-order valence-electron chi connectivity index (χ3n) is 5.47. The molecule has 0 fully saturated rings. The summed E-state index contributed by atoms with van der Waals surface area (Å²) >= 11 is 6.18. The summed E-state index contributed by atoms with van der Waals surface area (Å²) in [4.78, 5) is 11.4. The number of aromatic nitrogens is 4. The van der Waals surface area contributed by atoms with Crippen LogP contribution < -0.4 is 4.74 Å². The number of ether oxygens (including phenoxy) is 1. The smallest absolute Gasteiger partial charge is 0.304 e. The average Bonchev–Trinajstić information content (AvgIpc) is 3.23. The molecule has 3 aromatic carbocycles. The quantitative estimate of drug-likeness (QED) is 0.395. The largest absolute Gasteiger partial charge is 0.489 e. The predicted molar refractivity (Wildman–Crippen MR) is 125 cm³/mol. The second-order valence-corrected chi connectivity index (χ2v) is 8.26. The zero-order chi connectivity index (χ0) is 23.4. The predicted octanol–water partition coefficient (Wildman–Crippen LogP) is 5.02. The Labute approximate surface area is 196 Å². The lowest BCUT2D eigenvalue weighted by Gasteiger charge is -2.15. The van der Waals surface area contributed by atoms with E-state index in [1.165, 1.54) is 4.68 Å². The molecule has 0 amide bonds. The number of hydrogen-bond donors (Lipinski definition) is 1. The van der Waals surface area contributed by atoms with Crippen LogP contribution >= 0.6 is 11.6 Å². The number of carbonyl (C=O) groups is 1. The first-order valence-electron chi connectivity index (χ1n) is 10.4. The van der Waals surface area contributed by atoms with Crippen molar-refractivity contribution >= 4 is 17.6 Å². The molecule has 33 heavy (non-hydrogen) atoms. The molecule has 7 nitrogen and oxygen atoms in total. The van der Waals surface area contributed by atoms with E-state index in [0.717, 1.165) is 27.8 Å². The second-order valence-electron chi connectivity index (χ2n) is 7.83. The summed E-state index contributed by atoms with van der Waals surface area (Å²) in [7, 11) is 1.70. The Morgan fingerprint density at radius 2 is 1.91 bits per heavy atom. The lowest BCUT2D eigenvalue weighted by Crippen LogP contribution is -2.13. The summed E-state index contributed by atoms with van der Waals surface area (Å²) in [6, 6.07) is 21.4. The van der Waals surface area contributed by atoms with Gasteiger partial charge in [-0.2, -0.15) is 0 Å². The van der Waals surface area contributed by atoms with Crippen molar-refractivity contribution < 1.29 is 14.6 Å². The van der Waals surface area contributed by atoms with Crippen molar-refractivity contribution in [2.45, 2.75) is 25.9 Å². The van der Waals surface area contributed by atoms with Crippen LogP contribution in [0.4, 0.5) is 0 Å². The number of halogens is 1. The van der Waals surface area contributed by atoms with Crippen molar-refractivity contribution in [3.8, 4) is 16.9 Å². The topological polar surface area (TPSA) is 90.1 Å². The number of aryl methyl sites for hydroxylation is 2. The summed E-state index contributed by atoms with van der Waals surface area (Å²) in [5.41, 5.74) is 5.17. The fourth-order valence-electron chi connectivity index (χ4n) is 3.76. The summed E-state index contributed by atoms with van der Waals surface area (Å²) in [5.74, 6) is -0.181. The number of tetrazole rings is 1. The molecule has 0 saturated heterocycles. The van der Waals surface area contributed by atoms with Crippen LogP contribution in [0.5, 0.6) is 5.75 Å². The molecule has 1 heterocycles. The Morgan fingerprint density at radius 1 is 1.12 bits per heavy atom. The van der Waals surface area contributed by atoms with E-state index in [4.69, 9.17) is 16.3 Å². The molecule has 0 unspecified atom stereocenters. The summed E-state index contributed by atoms with van der Waals surface area (Å²) in [6.07, 6.45) is -0.107. The number of aliphatic carboxylic acids is 1. The van der Waals surface area contributed by atoms with Crippen molar-refractivity contribution in [3.63, 3.8) is 0 Å². The highest BCUT2D eigenvalue weighted by Gasteiger charge is 2.23. The van der Waals surface area contributed by atoms with Gasteiger partial charge in [-0.3, -0.25) is 4.79 Å². The van der Waals surface area contributed by atoms with Crippen molar-refractivity contribution in [3.05, 3.63) is 94.3 Å². The van der Waals surface area contributed by atoms with Crippen LogP contribution in [-0.2, 0) is 18.4 Å². The van der Waals surface area contributed by atoms with E-state index >= 15 is 0 Å². The lowest BCUT2D eigenvalue weighted by molar-refractivity contribution is -0.137. The van der Waals surface area contributed by atoms with Crippen LogP contribution in [0.3, 0.4) is 0 Å². The lowest BCUT2D eigenvalue weighted by atomic mass is 9.95. The van der Waals surface area contributed by atoms with Gasteiger partial charge in [0.1, 0.15) is 12.4 Å². The van der Waals surface area contributed by atoms with Gasteiger partial charge >= 0.3 is 5.97 Å². The van der Waals surface area contributed by atoms with Crippen molar-refractivity contribution in [1.29, 1.82) is 0 Å². The maximum atomic E-state index is 11.4. The van der Waals surface area contributed by atoms with Crippen LogP contribution in [0, 0.1) is 6.92 Å². The molecule has 4 aromatic rings. The van der Waals surface area contributed by atoms with Crippen LogP contribution in [0.25, 0.3) is 11.1 Å². The van der Waals surface area contributed by atoms with Gasteiger partial charge in [0.05, 0.1) is 12.3 Å². The van der Waals surface area contributed by atoms with Crippen LogP contribution in [-0.4, -0.2) is 31.3 Å². The fourth-order valence-corrected chi connectivity index (χ4v) is 3.93. The first-order valence-corrected chi connectivity index (χ1v) is 10.8. The number of benzene rings is 3. The molecule has 8 heteroatoms. The standard InChI is InChI=1S/C25H23ClN4O3/c1-16-6-9-20(26)13-22(16)19-5-3-4-17(12-19)15-33-21-10-7-18(8-11-21)23(14-24(31)32)25-27-28-29-30(25)2/h3-13,23H,14-15H2,1-2H3,(H,31,32)/t23-/m0/s1. The Bertz CT molecular complexity index is 1270. The molecular formula is C25H23ClN4O3. The first kappa shape index (κ1) is 22.5. The Morgan fingerprint density at radius 3 is 2.61 bits per heavy atom. The van der Waals surface area contributed by atoms with E-state index in [2.05, 4.69) is 34.6 Å². The molecule has 0 saturated carbocycles. The van der Waals surface area contributed by atoms with Gasteiger partial charge < -0.3 is 9.84 Å². The van der Waals surface area contributed by atoms with Crippen molar-refractivity contribution in [2.24, 2.45) is 7.05 Å². The van der Waals surface area contributed by atoms with E-state index in [1.54, 1.807) is 7.05 Å². The van der Waals surface area contributed by atoms with Crippen molar-refractivity contribution in [1.82, 2.24) is 20.2 Å². The van der Waals surface area contributed by atoms with Gasteiger partial charge in [-0.05, 0) is 75.5 Å². The van der Waals surface area contributed by atoms with E-state index < -0.39 is 11.9 Å². The molecular weight excluding hydrogens is 440 g/mol. The van der Waals surface area contributed by atoms with Gasteiger partial charge in [0.15, 0.2) is 5.82 Å². The summed E-state index contributed by atoms with van der Waals surface area (Å²) in [5, 5.41) is 21.5. The van der Waals surface area contributed by atoms with Gasteiger partial charge in [-0.25, -0.2) is 4.68 Å². The van der Waals surface area contributed by atoms with E-state index in [0.29, 0.717) is 23.2 Å². The Hall–Kier alpha value is -3.71. The second kappa shape index (κ2) is 9.83. The van der Waals surface area contributed by atoms with Crippen LogP contribution in [0.2, 0.25) is 5.02 Å². The van der Waals surface area contributed by atoms with Gasteiger partial charge in [0, 0.05) is 12.1 Å². The third kappa shape index (κ3) is 5.38. The molecule has 0 bridgehead atoms. The van der Waals surface area contributed by atoms with E-state index in [-0.39, 0.29) is 6.42 Å².